The van der Waals surface area contributed by atoms with Gasteiger partial charge < -0.3 is 19.1 Å². The highest BCUT2D eigenvalue weighted by Crippen LogP contribution is 2.58. The Hall–Kier alpha value is -5.00. The van der Waals surface area contributed by atoms with Crippen molar-refractivity contribution in [3.8, 4) is 17.3 Å². The van der Waals surface area contributed by atoms with Crippen LogP contribution in [0.3, 0.4) is 0 Å². The SMILES string of the molecule is COc1ccc2c(O[C@@H]3C[C@H]4C(=O)C[C@]5(C(=O)NS(=O)(=O)C6(C)CC6)C[C@H]5/C=C\CC[C@@H](C)C[C@@H](C)[C@H](CC(=O)OC(C)(C)C(F)(F)F)C(=O)N4C3)cc(-n3ccc(C(C)C)n3)nc2c1. The van der Waals surface area contributed by atoms with E-state index in [9.17, 15) is 36.0 Å². The van der Waals surface area contributed by atoms with Gasteiger partial charge >= 0.3 is 12.1 Å². The van der Waals surface area contributed by atoms with E-state index in [0.29, 0.717) is 60.3 Å². The Bertz CT molecular complexity index is 2480. The van der Waals surface area contributed by atoms with Gasteiger partial charge in [-0.1, -0.05) is 39.8 Å². The molecule has 4 aliphatic rings. The summed E-state index contributed by atoms with van der Waals surface area (Å²) < 4.78 is 88.4. The molecule has 354 valence electrons. The van der Waals surface area contributed by atoms with E-state index < -0.39 is 91.8 Å². The third kappa shape index (κ3) is 9.92. The van der Waals surface area contributed by atoms with E-state index in [0.717, 1.165) is 19.5 Å². The molecule has 0 radical (unpaired) electrons. The lowest BCUT2D eigenvalue weighted by molar-refractivity contribution is -0.257. The van der Waals surface area contributed by atoms with Crippen LogP contribution in [0.15, 0.2) is 48.7 Å². The molecule has 18 heteroatoms. The number of methoxy groups -OCH3 is 1. The molecular formula is C47H60F3N5O9S. The summed E-state index contributed by atoms with van der Waals surface area (Å²) in [6, 6.07) is 7.65. The lowest BCUT2D eigenvalue weighted by atomic mass is 9.82. The molecule has 65 heavy (non-hydrogen) atoms. The number of alkyl halides is 3. The van der Waals surface area contributed by atoms with Crippen LogP contribution >= 0.6 is 0 Å². The number of allylic oxidation sites excluding steroid dienone is 2. The van der Waals surface area contributed by atoms with Crippen LogP contribution in [0.5, 0.6) is 11.5 Å². The molecule has 3 aromatic rings. The van der Waals surface area contributed by atoms with Crippen molar-refractivity contribution in [2.75, 3.05) is 13.7 Å². The first-order valence-corrected chi connectivity index (χ1v) is 23.9. The number of amides is 2. The number of esters is 1. The molecule has 2 aliphatic heterocycles. The van der Waals surface area contributed by atoms with Gasteiger partial charge in [-0.25, -0.2) is 18.1 Å². The number of sulfonamides is 1. The second-order valence-corrected chi connectivity index (χ2v) is 22.0. The zero-order valence-electron chi connectivity index (χ0n) is 38.2. The van der Waals surface area contributed by atoms with Gasteiger partial charge in [0.05, 0.1) is 53.4 Å². The van der Waals surface area contributed by atoms with Gasteiger partial charge in [-0.15, -0.1) is 0 Å². The molecule has 3 fully saturated rings. The van der Waals surface area contributed by atoms with E-state index in [2.05, 4.69) is 4.72 Å². The van der Waals surface area contributed by atoms with Crippen LogP contribution in [0.1, 0.15) is 118 Å². The maximum atomic E-state index is 15.1. The maximum absolute atomic E-state index is 15.1. The molecule has 1 saturated heterocycles. The topological polar surface area (TPSA) is 176 Å². The monoisotopic (exact) mass is 927 g/mol. The van der Waals surface area contributed by atoms with Crippen LogP contribution < -0.4 is 14.2 Å². The number of halogens is 3. The summed E-state index contributed by atoms with van der Waals surface area (Å²) in [5.41, 5.74) is -2.89. The predicted octanol–water partition coefficient (Wildman–Crippen LogP) is 7.77. The van der Waals surface area contributed by atoms with E-state index in [1.807, 2.05) is 39.0 Å². The second kappa shape index (κ2) is 17.7. The molecule has 2 saturated carbocycles. The number of rotatable bonds is 11. The summed E-state index contributed by atoms with van der Waals surface area (Å²) in [7, 11) is -2.52. The Morgan fingerprint density at radius 3 is 2.43 bits per heavy atom. The average molecular weight is 928 g/mol. The third-order valence-corrected chi connectivity index (χ3v) is 16.1. The molecule has 1 aromatic carbocycles. The number of ketones is 1. The molecule has 2 aliphatic carbocycles. The number of hydrogen-bond acceptors (Lipinski definition) is 11. The maximum Gasteiger partial charge on any atom is 0.427 e. The van der Waals surface area contributed by atoms with E-state index in [4.69, 9.17) is 24.3 Å². The molecule has 0 spiro atoms. The van der Waals surface area contributed by atoms with Gasteiger partial charge in [0.2, 0.25) is 27.4 Å². The largest absolute Gasteiger partial charge is 0.497 e. The van der Waals surface area contributed by atoms with Crippen molar-refractivity contribution in [3.63, 3.8) is 0 Å². The summed E-state index contributed by atoms with van der Waals surface area (Å²) in [5, 5.41) is 5.29. The van der Waals surface area contributed by atoms with Crippen molar-refractivity contribution in [2.45, 2.75) is 141 Å². The van der Waals surface area contributed by atoms with Crippen LogP contribution in [-0.2, 0) is 33.9 Å². The van der Waals surface area contributed by atoms with Gasteiger partial charge in [-0.2, -0.15) is 18.3 Å². The molecule has 0 unspecified atom stereocenters. The van der Waals surface area contributed by atoms with E-state index in [-0.39, 0.29) is 37.6 Å². The Balaban J connectivity index is 1.27. The zero-order valence-corrected chi connectivity index (χ0v) is 39.1. The second-order valence-electron chi connectivity index (χ2n) is 19.8. The summed E-state index contributed by atoms with van der Waals surface area (Å²) in [4.78, 5) is 63.7. The van der Waals surface area contributed by atoms with Crippen LogP contribution in [0.25, 0.3) is 16.7 Å². The van der Waals surface area contributed by atoms with Gasteiger partial charge in [0.15, 0.2) is 11.6 Å². The molecule has 1 N–H and O–H groups in total. The average Bonchev–Trinajstić information content (AvgIpc) is 3.99. The molecule has 2 amide bonds. The first kappa shape index (κ1) is 47.9. The number of carbonyl (C=O) groups is 4. The molecule has 0 bridgehead atoms. The van der Waals surface area contributed by atoms with Gasteiger partial charge in [0, 0.05) is 36.6 Å². The fraction of sp³-hybridized carbons (Fsp3) is 0.617. The highest BCUT2D eigenvalue weighted by Gasteiger charge is 2.63. The number of aromatic nitrogens is 3. The molecular weight excluding hydrogens is 868 g/mol. The van der Waals surface area contributed by atoms with Crippen molar-refractivity contribution >= 4 is 44.5 Å². The number of hydrogen-bond donors (Lipinski definition) is 1. The lowest BCUT2D eigenvalue weighted by Crippen LogP contribution is -2.48. The lowest BCUT2D eigenvalue weighted by Gasteiger charge is -2.33. The first-order valence-electron chi connectivity index (χ1n) is 22.4. The summed E-state index contributed by atoms with van der Waals surface area (Å²) >= 11 is 0. The summed E-state index contributed by atoms with van der Waals surface area (Å²) in [5.74, 6) is -3.84. The molecule has 7 rings (SSSR count). The standard InChI is InChI=1S/C47H60F3N5O9S/c1-27(2)35-15-18-55(52-35)40-23-39(33-14-13-31(62-8)20-36(33)51-40)63-32-21-37-38(56)25-46(43(59)53-65(60,61)45(7)16-17-45)24-30(46)12-10-9-11-28(3)19-29(4)34(42(58)54(37)26-32)22-41(57)64-44(5,6)47(48,49)50/h10,12-15,18,20,23,27-30,32,34,37H,9,11,16-17,19,21-22,24-26H2,1-8H3,(H,53,59)/b12-10-/t28-,29-,30-,32-,34+,37+,46-/m1/s1. The van der Waals surface area contributed by atoms with Gasteiger partial charge in [0.25, 0.3) is 0 Å². The fourth-order valence-electron chi connectivity index (χ4n) is 9.11. The minimum atomic E-state index is -4.88. The number of nitrogens with zero attached hydrogens (tertiary/aromatic N) is 4. The molecule has 7 atom stereocenters. The minimum absolute atomic E-state index is 0.000635. The van der Waals surface area contributed by atoms with Crippen molar-refractivity contribution in [1.82, 2.24) is 24.4 Å². The highest BCUT2D eigenvalue weighted by atomic mass is 32.2. The zero-order chi connectivity index (χ0) is 47.4. The van der Waals surface area contributed by atoms with Crippen LogP contribution in [0, 0.1) is 29.1 Å². The van der Waals surface area contributed by atoms with Crippen molar-refractivity contribution in [1.29, 1.82) is 0 Å². The quantitative estimate of drug-likeness (QED) is 0.147. The number of carbonyl (C=O) groups excluding carboxylic acids is 4. The van der Waals surface area contributed by atoms with Gasteiger partial charge in [-0.3, -0.25) is 23.9 Å². The van der Waals surface area contributed by atoms with Crippen LogP contribution in [0.4, 0.5) is 13.2 Å². The number of fused-ring (bicyclic) bond motifs is 3. The number of nitrogens with one attached hydrogen (secondary N) is 1. The van der Waals surface area contributed by atoms with Crippen molar-refractivity contribution < 1.29 is 55.0 Å². The van der Waals surface area contributed by atoms with Crippen LogP contribution in [-0.4, -0.2) is 94.0 Å². The van der Waals surface area contributed by atoms with Gasteiger partial charge in [0.1, 0.15) is 17.6 Å². The predicted molar refractivity (Wildman–Crippen MR) is 235 cm³/mol. The van der Waals surface area contributed by atoms with Crippen LogP contribution in [0.2, 0.25) is 0 Å². The Kier molecular flexibility index (Phi) is 13.0. The third-order valence-electron chi connectivity index (χ3n) is 13.9. The van der Waals surface area contributed by atoms with E-state index >= 15 is 4.79 Å². The fourth-order valence-corrected chi connectivity index (χ4v) is 10.4. The molecule has 2 aromatic heterocycles. The first-order chi connectivity index (χ1) is 30.4. The van der Waals surface area contributed by atoms with Gasteiger partial charge in [-0.05, 0) is 101 Å². The Morgan fingerprint density at radius 1 is 1.06 bits per heavy atom. The Labute approximate surface area is 378 Å². The molecule has 4 heterocycles. The number of pyridine rings is 1. The summed E-state index contributed by atoms with van der Waals surface area (Å²) in [6.45, 7) is 10.7. The van der Waals surface area contributed by atoms with Crippen molar-refractivity contribution in [3.05, 3.63) is 54.4 Å². The Morgan fingerprint density at radius 2 is 1.78 bits per heavy atom. The summed E-state index contributed by atoms with van der Waals surface area (Å²) in [6.07, 6.45) is 1.40. The number of Topliss-reactive ketones (excluding diaryl/α,β-unsaturated/α-hetero) is 1. The highest BCUT2D eigenvalue weighted by molar-refractivity contribution is 7.91. The molecule has 14 nitrogen and oxygen atoms in total. The number of benzene rings is 1. The van der Waals surface area contributed by atoms with Crippen molar-refractivity contribution in [2.24, 2.45) is 29.1 Å². The van der Waals surface area contributed by atoms with E-state index in [1.54, 1.807) is 49.0 Å². The van der Waals surface area contributed by atoms with E-state index in [1.165, 1.54) is 12.0 Å². The normalized spacial score (nSPS) is 27.8. The minimum Gasteiger partial charge on any atom is -0.497 e. The smallest absolute Gasteiger partial charge is 0.427 e. The number of ether oxygens (including phenoxy) is 3.